The maximum Gasteiger partial charge on any atom is 0.146 e. The van der Waals surface area contributed by atoms with E-state index in [0.717, 1.165) is 31.6 Å². The molecular formula is C12H17FN2. The minimum Gasteiger partial charge on any atom is -0.382 e. The Kier molecular flexibility index (Phi) is 3.21. The fourth-order valence-electron chi connectivity index (χ4n) is 2.13. The molecule has 1 aliphatic heterocycles. The molecule has 3 heteroatoms. The Hall–Kier alpha value is -1.09. The van der Waals surface area contributed by atoms with Crippen LogP contribution in [0, 0.1) is 5.82 Å². The van der Waals surface area contributed by atoms with E-state index in [9.17, 15) is 4.39 Å². The minimum absolute atomic E-state index is 0.131. The van der Waals surface area contributed by atoms with Gasteiger partial charge in [0.15, 0.2) is 0 Å². The zero-order valence-electron chi connectivity index (χ0n) is 9.02. The number of nitrogens with one attached hydrogen (secondary N) is 2. The Balaban J connectivity index is 2.22. The third-order valence-electron chi connectivity index (χ3n) is 2.92. The number of para-hydroxylation sites is 1. The molecule has 0 saturated heterocycles. The van der Waals surface area contributed by atoms with Gasteiger partial charge in [-0.2, -0.15) is 0 Å². The molecule has 1 unspecified atom stereocenters. The van der Waals surface area contributed by atoms with Crippen LogP contribution in [0.15, 0.2) is 18.2 Å². The quantitative estimate of drug-likeness (QED) is 0.796. The van der Waals surface area contributed by atoms with Gasteiger partial charge >= 0.3 is 0 Å². The summed E-state index contributed by atoms with van der Waals surface area (Å²) < 4.78 is 13.5. The molecule has 0 spiro atoms. The van der Waals surface area contributed by atoms with Crippen LogP contribution in [-0.2, 0) is 0 Å². The lowest BCUT2D eigenvalue weighted by Gasteiger charge is -2.27. The van der Waals surface area contributed by atoms with Crippen molar-refractivity contribution in [2.75, 3.05) is 25.0 Å². The van der Waals surface area contributed by atoms with Crippen LogP contribution < -0.4 is 10.6 Å². The average molecular weight is 208 g/mol. The normalized spacial score (nSPS) is 19.5. The third-order valence-corrected chi connectivity index (χ3v) is 2.92. The predicted molar refractivity (Wildman–Crippen MR) is 60.8 cm³/mol. The molecule has 0 amide bonds. The van der Waals surface area contributed by atoms with Crippen LogP contribution in [0.3, 0.4) is 0 Å². The van der Waals surface area contributed by atoms with Crippen molar-refractivity contribution in [3.63, 3.8) is 0 Å². The Morgan fingerprint density at radius 3 is 3.20 bits per heavy atom. The van der Waals surface area contributed by atoms with Crippen molar-refractivity contribution in [2.45, 2.75) is 19.3 Å². The van der Waals surface area contributed by atoms with Crippen molar-refractivity contribution < 1.29 is 4.39 Å². The number of rotatable bonds is 3. The lowest BCUT2D eigenvalue weighted by atomic mass is 9.91. The van der Waals surface area contributed by atoms with Crippen molar-refractivity contribution in [1.82, 2.24) is 5.32 Å². The van der Waals surface area contributed by atoms with Crippen LogP contribution in [0.1, 0.15) is 24.8 Å². The Labute approximate surface area is 89.9 Å². The molecule has 15 heavy (non-hydrogen) atoms. The van der Waals surface area contributed by atoms with Gasteiger partial charge in [-0.15, -0.1) is 0 Å². The molecule has 0 saturated carbocycles. The Morgan fingerprint density at radius 2 is 2.40 bits per heavy atom. The lowest BCUT2D eigenvalue weighted by Crippen LogP contribution is -2.27. The molecule has 0 radical (unpaired) electrons. The molecule has 1 aromatic rings. The second-order valence-corrected chi connectivity index (χ2v) is 3.92. The molecule has 1 heterocycles. The number of hydrogen-bond donors (Lipinski definition) is 2. The van der Waals surface area contributed by atoms with Gasteiger partial charge in [0.2, 0.25) is 0 Å². The van der Waals surface area contributed by atoms with Crippen LogP contribution in [0.4, 0.5) is 10.1 Å². The molecule has 1 aliphatic rings. The van der Waals surface area contributed by atoms with Crippen LogP contribution in [0.25, 0.3) is 0 Å². The van der Waals surface area contributed by atoms with Gasteiger partial charge in [-0.1, -0.05) is 19.1 Å². The van der Waals surface area contributed by atoms with Gasteiger partial charge in [0.25, 0.3) is 0 Å². The molecule has 1 atom stereocenters. The molecule has 0 fully saturated rings. The molecule has 2 nitrogen and oxygen atoms in total. The van der Waals surface area contributed by atoms with Crippen molar-refractivity contribution in [1.29, 1.82) is 0 Å². The molecule has 0 aromatic heterocycles. The predicted octanol–water partition coefficient (Wildman–Crippen LogP) is 2.33. The summed E-state index contributed by atoms with van der Waals surface area (Å²) in [6, 6.07) is 5.33. The molecule has 0 bridgehead atoms. The second-order valence-electron chi connectivity index (χ2n) is 3.92. The first-order valence-electron chi connectivity index (χ1n) is 5.56. The van der Waals surface area contributed by atoms with Crippen LogP contribution in [0.2, 0.25) is 0 Å². The number of halogens is 1. The number of benzene rings is 1. The summed E-state index contributed by atoms with van der Waals surface area (Å²) in [6.45, 7) is 4.86. The maximum atomic E-state index is 13.5. The molecule has 82 valence electrons. The van der Waals surface area contributed by atoms with Gasteiger partial charge in [-0.25, -0.2) is 4.39 Å². The van der Waals surface area contributed by atoms with E-state index in [2.05, 4.69) is 17.6 Å². The van der Waals surface area contributed by atoms with Gasteiger partial charge in [-0.05, 0) is 24.6 Å². The highest BCUT2D eigenvalue weighted by atomic mass is 19.1. The highest BCUT2D eigenvalue weighted by Gasteiger charge is 2.21. The summed E-state index contributed by atoms with van der Waals surface area (Å²) in [4.78, 5) is 0. The largest absolute Gasteiger partial charge is 0.382 e. The molecule has 1 aromatic carbocycles. The fraction of sp³-hybridized carbons (Fsp3) is 0.500. The van der Waals surface area contributed by atoms with Crippen molar-refractivity contribution >= 4 is 5.69 Å². The average Bonchev–Trinajstić information content (AvgIpc) is 2.27. The van der Waals surface area contributed by atoms with Crippen LogP contribution in [-0.4, -0.2) is 19.6 Å². The van der Waals surface area contributed by atoms with E-state index in [4.69, 9.17) is 0 Å². The fourth-order valence-corrected chi connectivity index (χ4v) is 2.13. The van der Waals surface area contributed by atoms with Gasteiger partial charge in [0.05, 0.1) is 5.69 Å². The second kappa shape index (κ2) is 4.62. The third kappa shape index (κ3) is 2.12. The Bertz CT molecular complexity index is 338. The monoisotopic (exact) mass is 208 g/mol. The molecule has 0 aliphatic carbocycles. The smallest absolute Gasteiger partial charge is 0.146 e. The standard InChI is InChI=1S/C12H17FN2/c1-2-14-8-9-6-7-15-12-10(9)4-3-5-11(12)13/h3-5,9,14-15H,2,6-8H2,1H3. The van der Waals surface area contributed by atoms with E-state index in [0.29, 0.717) is 11.6 Å². The SMILES string of the molecule is CCNCC1CCNc2c(F)cccc21. The molecular weight excluding hydrogens is 191 g/mol. The topological polar surface area (TPSA) is 24.1 Å². The summed E-state index contributed by atoms with van der Waals surface area (Å²) in [5, 5.41) is 6.46. The summed E-state index contributed by atoms with van der Waals surface area (Å²) >= 11 is 0. The zero-order chi connectivity index (χ0) is 10.7. The Morgan fingerprint density at radius 1 is 1.53 bits per heavy atom. The van der Waals surface area contributed by atoms with Crippen molar-refractivity contribution in [2.24, 2.45) is 0 Å². The highest BCUT2D eigenvalue weighted by Crippen LogP contribution is 2.32. The minimum atomic E-state index is -0.131. The van der Waals surface area contributed by atoms with Crippen LogP contribution >= 0.6 is 0 Å². The first-order valence-corrected chi connectivity index (χ1v) is 5.56. The first-order chi connectivity index (χ1) is 7.33. The van der Waals surface area contributed by atoms with Gasteiger partial charge in [0, 0.05) is 19.0 Å². The summed E-state index contributed by atoms with van der Waals surface area (Å²) in [5.41, 5.74) is 1.81. The highest BCUT2D eigenvalue weighted by molar-refractivity contribution is 5.56. The van der Waals surface area contributed by atoms with E-state index >= 15 is 0 Å². The number of fused-ring (bicyclic) bond motifs is 1. The zero-order valence-corrected chi connectivity index (χ0v) is 9.02. The van der Waals surface area contributed by atoms with Crippen LogP contribution in [0.5, 0.6) is 0 Å². The number of likely N-dealkylation sites (N-methyl/N-ethyl adjacent to an activating group) is 1. The van der Waals surface area contributed by atoms with E-state index < -0.39 is 0 Å². The van der Waals surface area contributed by atoms with Gasteiger partial charge in [-0.3, -0.25) is 0 Å². The van der Waals surface area contributed by atoms with E-state index in [1.54, 1.807) is 6.07 Å². The molecule has 2 rings (SSSR count). The summed E-state index contributed by atoms with van der Waals surface area (Å²) in [5.74, 6) is 0.311. The van der Waals surface area contributed by atoms with E-state index in [-0.39, 0.29) is 5.82 Å². The number of hydrogen-bond acceptors (Lipinski definition) is 2. The van der Waals surface area contributed by atoms with Gasteiger partial charge in [0.1, 0.15) is 5.82 Å². The van der Waals surface area contributed by atoms with Gasteiger partial charge < -0.3 is 10.6 Å². The van der Waals surface area contributed by atoms with Crippen molar-refractivity contribution in [3.8, 4) is 0 Å². The van der Waals surface area contributed by atoms with Crippen molar-refractivity contribution in [3.05, 3.63) is 29.6 Å². The van der Waals surface area contributed by atoms with E-state index in [1.807, 2.05) is 6.07 Å². The molecule has 2 N–H and O–H groups in total. The maximum absolute atomic E-state index is 13.5. The first kappa shape index (κ1) is 10.4. The van der Waals surface area contributed by atoms with E-state index in [1.165, 1.54) is 6.07 Å². The number of anilines is 1. The lowest BCUT2D eigenvalue weighted by molar-refractivity contribution is 0.551. The summed E-state index contributed by atoms with van der Waals surface area (Å²) in [6.07, 6.45) is 1.07. The summed E-state index contributed by atoms with van der Waals surface area (Å²) in [7, 11) is 0.